The molecule has 5 rings (SSSR count). The van der Waals surface area contributed by atoms with E-state index in [0.717, 1.165) is 38.3 Å². The maximum absolute atomic E-state index is 12.1. The topological polar surface area (TPSA) is 61.5 Å². The van der Waals surface area contributed by atoms with Crippen LogP contribution in [0.15, 0.2) is 71.8 Å². The number of nitrogens with one attached hydrogen (secondary N) is 2. The van der Waals surface area contributed by atoms with Crippen molar-refractivity contribution in [3.63, 3.8) is 0 Å². The molecule has 0 aliphatic rings. The van der Waals surface area contributed by atoms with Gasteiger partial charge in [-0.1, -0.05) is 30.3 Å². The Labute approximate surface area is 136 Å². The Hall–Kier alpha value is -3.40. The van der Waals surface area contributed by atoms with Crippen LogP contribution in [0.3, 0.4) is 0 Å². The molecule has 0 atom stereocenters. The number of benzene rings is 2. The maximum atomic E-state index is 12.1. The molecule has 3 heterocycles. The van der Waals surface area contributed by atoms with Crippen molar-refractivity contribution >= 4 is 32.7 Å². The summed E-state index contributed by atoms with van der Waals surface area (Å²) in [4.78, 5) is 22.6. The van der Waals surface area contributed by atoms with Crippen LogP contribution in [-0.4, -0.2) is 15.0 Å². The van der Waals surface area contributed by atoms with Crippen LogP contribution in [-0.2, 0) is 0 Å². The summed E-state index contributed by atoms with van der Waals surface area (Å²) >= 11 is 0. The summed E-state index contributed by atoms with van der Waals surface area (Å²) in [6, 6.07) is 18.2. The molecule has 0 spiro atoms. The van der Waals surface area contributed by atoms with Gasteiger partial charge in [0.25, 0.3) is 5.56 Å². The molecular formula is C20H13N3O. The molecule has 4 heteroatoms. The summed E-state index contributed by atoms with van der Waals surface area (Å²) in [7, 11) is 0. The molecule has 0 amide bonds. The molecule has 0 unspecified atom stereocenters. The maximum Gasteiger partial charge on any atom is 0.272 e. The third-order valence-electron chi connectivity index (χ3n) is 4.48. The summed E-state index contributed by atoms with van der Waals surface area (Å²) in [5.74, 6) is 0. The number of hydrogen-bond acceptors (Lipinski definition) is 2. The molecule has 3 aromatic heterocycles. The standard InChI is InChI=1S/C20H13N3O/c24-20-19-15(8-10-22-19)16-11-13(6-7-17(16)23-20)14-5-1-3-12-4-2-9-21-18(12)14/h1-11,22H,(H,23,24). The molecule has 0 aliphatic carbocycles. The summed E-state index contributed by atoms with van der Waals surface area (Å²) in [6.45, 7) is 0. The Morgan fingerprint density at radius 2 is 1.83 bits per heavy atom. The van der Waals surface area contributed by atoms with E-state index in [4.69, 9.17) is 0 Å². The van der Waals surface area contributed by atoms with Gasteiger partial charge in [-0.2, -0.15) is 0 Å². The van der Waals surface area contributed by atoms with Crippen LogP contribution in [0.5, 0.6) is 0 Å². The Kier molecular flexibility index (Phi) is 2.61. The van der Waals surface area contributed by atoms with Crippen LogP contribution in [0, 0.1) is 0 Å². The average molecular weight is 311 g/mol. The zero-order valence-electron chi connectivity index (χ0n) is 12.7. The average Bonchev–Trinajstić information content (AvgIpc) is 3.12. The van der Waals surface area contributed by atoms with E-state index >= 15 is 0 Å². The van der Waals surface area contributed by atoms with Gasteiger partial charge in [0.05, 0.1) is 5.52 Å². The van der Waals surface area contributed by atoms with Gasteiger partial charge in [-0.25, -0.2) is 0 Å². The predicted octanol–water partition coefficient (Wildman–Crippen LogP) is 4.22. The minimum Gasteiger partial charge on any atom is -0.357 e. The molecule has 0 saturated heterocycles. The smallest absolute Gasteiger partial charge is 0.272 e. The van der Waals surface area contributed by atoms with Gasteiger partial charge in [0, 0.05) is 39.6 Å². The molecule has 24 heavy (non-hydrogen) atoms. The van der Waals surface area contributed by atoms with Crippen molar-refractivity contribution in [2.24, 2.45) is 0 Å². The predicted molar refractivity (Wildman–Crippen MR) is 97.2 cm³/mol. The van der Waals surface area contributed by atoms with Crippen LogP contribution in [0.4, 0.5) is 0 Å². The molecule has 114 valence electrons. The highest BCUT2D eigenvalue weighted by Crippen LogP contribution is 2.30. The fraction of sp³-hybridized carbons (Fsp3) is 0. The first-order valence-electron chi connectivity index (χ1n) is 7.78. The highest BCUT2D eigenvalue weighted by molar-refractivity contribution is 6.06. The second-order valence-electron chi connectivity index (χ2n) is 5.86. The van der Waals surface area contributed by atoms with E-state index in [2.05, 4.69) is 39.2 Å². The second-order valence-corrected chi connectivity index (χ2v) is 5.86. The molecule has 0 aliphatic heterocycles. The van der Waals surface area contributed by atoms with Crippen molar-refractivity contribution in [1.82, 2.24) is 15.0 Å². The van der Waals surface area contributed by atoms with E-state index in [1.165, 1.54) is 0 Å². The van der Waals surface area contributed by atoms with E-state index in [1.54, 1.807) is 6.20 Å². The molecule has 2 N–H and O–H groups in total. The molecule has 5 aromatic rings. The SMILES string of the molecule is O=c1[nH]c2ccc(-c3cccc4cccnc34)cc2c2cc[nH]c12. The number of H-pyrrole nitrogens is 2. The van der Waals surface area contributed by atoms with Crippen LogP contribution in [0.2, 0.25) is 0 Å². The van der Waals surface area contributed by atoms with Crippen molar-refractivity contribution in [1.29, 1.82) is 0 Å². The molecule has 0 saturated carbocycles. The Bertz CT molecular complexity index is 1280. The van der Waals surface area contributed by atoms with Gasteiger partial charge in [0.15, 0.2) is 0 Å². The number of para-hydroxylation sites is 1. The fourth-order valence-electron chi connectivity index (χ4n) is 3.35. The van der Waals surface area contributed by atoms with E-state index in [1.807, 2.05) is 36.5 Å². The highest BCUT2D eigenvalue weighted by Gasteiger charge is 2.09. The number of hydrogen-bond donors (Lipinski definition) is 2. The fourth-order valence-corrected chi connectivity index (χ4v) is 3.35. The normalized spacial score (nSPS) is 11.5. The van der Waals surface area contributed by atoms with E-state index in [9.17, 15) is 4.79 Å². The van der Waals surface area contributed by atoms with Gasteiger partial charge in [-0.15, -0.1) is 0 Å². The Morgan fingerprint density at radius 1 is 0.917 bits per heavy atom. The first kappa shape index (κ1) is 13.1. The molecule has 0 radical (unpaired) electrons. The Morgan fingerprint density at radius 3 is 2.79 bits per heavy atom. The van der Waals surface area contributed by atoms with Gasteiger partial charge in [-0.3, -0.25) is 9.78 Å². The summed E-state index contributed by atoms with van der Waals surface area (Å²) < 4.78 is 0. The van der Waals surface area contributed by atoms with Crippen molar-refractivity contribution in [3.05, 3.63) is 77.3 Å². The number of aromatic amines is 2. The lowest BCUT2D eigenvalue weighted by Crippen LogP contribution is -2.05. The van der Waals surface area contributed by atoms with Gasteiger partial charge in [0.1, 0.15) is 5.52 Å². The van der Waals surface area contributed by atoms with Gasteiger partial charge < -0.3 is 9.97 Å². The first-order chi connectivity index (χ1) is 11.8. The van der Waals surface area contributed by atoms with Crippen LogP contribution >= 0.6 is 0 Å². The quantitative estimate of drug-likeness (QED) is 0.487. The number of aromatic nitrogens is 3. The summed E-state index contributed by atoms with van der Waals surface area (Å²) in [5.41, 5.74) is 4.50. The number of fused-ring (bicyclic) bond motifs is 4. The largest absolute Gasteiger partial charge is 0.357 e. The minimum absolute atomic E-state index is 0.0953. The van der Waals surface area contributed by atoms with E-state index in [-0.39, 0.29) is 5.56 Å². The van der Waals surface area contributed by atoms with Crippen molar-refractivity contribution in [2.75, 3.05) is 0 Å². The van der Waals surface area contributed by atoms with Crippen LogP contribution in [0.1, 0.15) is 0 Å². The van der Waals surface area contributed by atoms with Crippen molar-refractivity contribution < 1.29 is 0 Å². The summed E-state index contributed by atoms with van der Waals surface area (Å²) in [6.07, 6.45) is 3.61. The van der Waals surface area contributed by atoms with Gasteiger partial charge in [0.2, 0.25) is 0 Å². The minimum atomic E-state index is -0.0953. The van der Waals surface area contributed by atoms with Crippen molar-refractivity contribution in [2.45, 2.75) is 0 Å². The second kappa shape index (κ2) is 4.80. The lowest BCUT2D eigenvalue weighted by atomic mass is 9.99. The number of nitrogens with zero attached hydrogens (tertiary/aromatic N) is 1. The van der Waals surface area contributed by atoms with E-state index < -0.39 is 0 Å². The third kappa shape index (κ3) is 1.80. The zero-order valence-corrected chi connectivity index (χ0v) is 12.7. The third-order valence-corrected chi connectivity index (χ3v) is 4.48. The zero-order chi connectivity index (χ0) is 16.1. The molecule has 0 fully saturated rings. The van der Waals surface area contributed by atoms with Crippen LogP contribution in [0.25, 0.3) is 43.8 Å². The number of rotatable bonds is 1. The van der Waals surface area contributed by atoms with Crippen LogP contribution < -0.4 is 5.56 Å². The van der Waals surface area contributed by atoms with Crippen molar-refractivity contribution in [3.8, 4) is 11.1 Å². The monoisotopic (exact) mass is 311 g/mol. The van der Waals surface area contributed by atoms with Gasteiger partial charge in [-0.05, 0) is 29.8 Å². The summed E-state index contributed by atoms with van der Waals surface area (Å²) in [5, 5.41) is 3.07. The lowest BCUT2D eigenvalue weighted by molar-refractivity contribution is 1.31. The van der Waals surface area contributed by atoms with E-state index in [0.29, 0.717) is 5.52 Å². The number of pyridine rings is 2. The molecular weight excluding hydrogens is 298 g/mol. The molecule has 4 nitrogen and oxygen atoms in total. The molecule has 0 bridgehead atoms. The highest BCUT2D eigenvalue weighted by atomic mass is 16.1. The van der Waals surface area contributed by atoms with Gasteiger partial charge >= 0.3 is 0 Å². The lowest BCUT2D eigenvalue weighted by Gasteiger charge is -2.08. The first-order valence-corrected chi connectivity index (χ1v) is 7.78. The molecule has 2 aromatic carbocycles. The Balaban J connectivity index is 1.87.